The number of hydrogen-bond acceptors (Lipinski definition) is 4. The van der Waals surface area contributed by atoms with Gasteiger partial charge in [0, 0.05) is 36.9 Å². The van der Waals surface area contributed by atoms with E-state index in [1.165, 1.54) is 0 Å². The molecule has 1 fully saturated rings. The van der Waals surface area contributed by atoms with E-state index in [0.717, 1.165) is 44.2 Å². The van der Waals surface area contributed by atoms with E-state index < -0.39 is 0 Å². The second-order valence-corrected chi connectivity index (χ2v) is 6.50. The Kier molecular flexibility index (Phi) is 5.56. The molecule has 0 saturated carbocycles. The summed E-state index contributed by atoms with van der Waals surface area (Å²) >= 11 is 5.86. The van der Waals surface area contributed by atoms with Gasteiger partial charge in [-0.05, 0) is 43.3 Å². The monoisotopic (exact) mass is 347 g/mol. The highest BCUT2D eigenvalue weighted by Crippen LogP contribution is 2.15. The second-order valence-electron chi connectivity index (χ2n) is 6.06. The molecule has 2 heterocycles. The van der Waals surface area contributed by atoms with Crippen molar-refractivity contribution in [2.75, 3.05) is 31.5 Å². The molecule has 1 aliphatic heterocycles. The molecule has 0 unspecified atom stereocenters. The maximum Gasteiger partial charge on any atom is 0.241 e. The molecule has 0 bridgehead atoms. The molecular formula is C18H22ClN3O2. The fourth-order valence-electron chi connectivity index (χ4n) is 2.88. The molecule has 3 rings (SSSR count). The number of amides is 1. The highest BCUT2D eigenvalue weighted by Gasteiger charge is 2.25. The third-order valence-corrected chi connectivity index (χ3v) is 4.66. The minimum atomic E-state index is -0.161. The number of anilines is 1. The maximum atomic E-state index is 12.4. The number of carbonyl (C=O) groups is 1. The van der Waals surface area contributed by atoms with Gasteiger partial charge in [0.2, 0.25) is 5.91 Å². The van der Waals surface area contributed by atoms with Gasteiger partial charge in [-0.15, -0.1) is 0 Å². The zero-order chi connectivity index (χ0) is 16.9. The molecule has 1 N–H and O–H groups in total. The van der Waals surface area contributed by atoms with Gasteiger partial charge in [0.15, 0.2) is 0 Å². The fourth-order valence-corrected chi connectivity index (χ4v) is 3.00. The van der Waals surface area contributed by atoms with E-state index in [-0.39, 0.29) is 11.9 Å². The van der Waals surface area contributed by atoms with E-state index in [4.69, 9.17) is 16.0 Å². The lowest BCUT2D eigenvalue weighted by Gasteiger charge is -2.37. The standard InChI is InChI=1S/C18H22ClN3O2/c1-14(18(23)20-16-6-4-15(19)5-7-16)22-10-8-21(9-11-22)13-17-3-2-12-24-17/h2-7,12,14H,8-11,13H2,1H3,(H,20,23)/t14-/m0/s1. The Balaban J connectivity index is 1.48. The summed E-state index contributed by atoms with van der Waals surface area (Å²) in [5.74, 6) is 0.994. The molecule has 6 heteroatoms. The lowest BCUT2D eigenvalue weighted by atomic mass is 10.2. The van der Waals surface area contributed by atoms with Gasteiger partial charge in [0.25, 0.3) is 0 Å². The van der Waals surface area contributed by atoms with Crippen molar-refractivity contribution in [1.82, 2.24) is 9.80 Å². The van der Waals surface area contributed by atoms with Crippen molar-refractivity contribution in [3.63, 3.8) is 0 Å². The predicted octanol–water partition coefficient (Wildman–Crippen LogP) is 3.08. The number of hydrogen-bond donors (Lipinski definition) is 1. The molecular weight excluding hydrogens is 326 g/mol. The molecule has 1 saturated heterocycles. The number of benzene rings is 1. The second kappa shape index (κ2) is 7.83. The average Bonchev–Trinajstić information content (AvgIpc) is 3.10. The number of carbonyl (C=O) groups excluding carboxylic acids is 1. The molecule has 5 nitrogen and oxygen atoms in total. The van der Waals surface area contributed by atoms with Crippen LogP contribution < -0.4 is 5.32 Å². The predicted molar refractivity (Wildman–Crippen MR) is 95.1 cm³/mol. The summed E-state index contributed by atoms with van der Waals surface area (Å²) in [7, 11) is 0. The van der Waals surface area contributed by atoms with E-state index in [1.807, 2.05) is 31.2 Å². The zero-order valence-corrected chi connectivity index (χ0v) is 14.5. The van der Waals surface area contributed by atoms with E-state index >= 15 is 0 Å². The number of rotatable bonds is 5. The molecule has 0 aliphatic carbocycles. The first-order valence-corrected chi connectivity index (χ1v) is 8.55. The Labute approximate surface area is 147 Å². The summed E-state index contributed by atoms with van der Waals surface area (Å²) in [6.45, 7) is 6.38. The van der Waals surface area contributed by atoms with Crippen LogP contribution in [0.25, 0.3) is 0 Å². The molecule has 1 amide bonds. The Hall–Kier alpha value is -1.82. The first kappa shape index (κ1) is 17.0. The van der Waals surface area contributed by atoms with E-state index in [2.05, 4.69) is 15.1 Å². The van der Waals surface area contributed by atoms with Gasteiger partial charge in [0.1, 0.15) is 5.76 Å². The van der Waals surface area contributed by atoms with Crippen LogP contribution in [0.1, 0.15) is 12.7 Å². The summed E-state index contributed by atoms with van der Waals surface area (Å²) in [6.07, 6.45) is 1.70. The van der Waals surface area contributed by atoms with Gasteiger partial charge >= 0.3 is 0 Å². The summed E-state index contributed by atoms with van der Waals surface area (Å²) in [4.78, 5) is 17.0. The number of nitrogens with one attached hydrogen (secondary N) is 1. The molecule has 1 aromatic heterocycles. The quantitative estimate of drug-likeness (QED) is 0.903. The summed E-state index contributed by atoms with van der Waals surface area (Å²) in [5, 5.41) is 3.61. The molecule has 24 heavy (non-hydrogen) atoms. The molecule has 1 atom stereocenters. The normalized spacial score (nSPS) is 17.6. The smallest absolute Gasteiger partial charge is 0.241 e. The van der Waals surface area contributed by atoms with E-state index in [1.54, 1.807) is 18.4 Å². The molecule has 0 radical (unpaired) electrons. The molecule has 1 aliphatic rings. The van der Waals surface area contributed by atoms with Crippen molar-refractivity contribution >= 4 is 23.2 Å². The van der Waals surface area contributed by atoms with Gasteiger partial charge in [-0.2, -0.15) is 0 Å². The van der Waals surface area contributed by atoms with Crippen LogP contribution in [0.5, 0.6) is 0 Å². The first-order chi connectivity index (χ1) is 11.6. The molecule has 1 aromatic carbocycles. The van der Waals surface area contributed by atoms with Crippen LogP contribution in [-0.4, -0.2) is 47.9 Å². The zero-order valence-electron chi connectivity index (χ0n) is 13.7. The lowest BCUT2D eigenvalue weighted by molar-refractivity contribution is -0.121. The van der Waals surface area contributed by atoms with Crippen LogP contribution in [0.2, 0.25) is 5.02 Å². The number of halogens is 1. The van der Waals surface area contributed by atoms with Crippen LogP contribution in [0, 0.1) is 0 Å². The average molecular weight is 348 g/mol. The minimum absolute atomic E-state index is 0.0109. The van der Waals surface area contributed by atoms with Crippen molar-refractivity contribution in [2.45, 2.75) is 19.5 Å². The molecule has 128 valence electrons. The van der Waals surface area contributed by atoms with Crippen LogP contribution in [-0.2, 0) is 11.3 Å². The van der Waals surface area contributed by atoms with Crippen LogP contribution >= 0.6 is 11.6 Å². The van der Waals surface area contributed by atoms with Crippen LogP contribution in [0.4, 0.5) is 5.69 Å². The largest absolute Gasteiger partial charge is 0.468 e. The van der Waals surface area contributed by atoms with Crippen molar-refractivity contribution < 1.29 is 9.21 Å². The van der Waals surface area contributed by atoms with Crippen molar-refractivity contribution in [2.24, 2.45) is 0 Å². The summed E-state index contributed by atoms with van der Waals surface area (Å²) in [5.41, 5.74) is 0.771. The number of nitrogens with zero attached hydrogens (tertiary/aromatic N) is 2. The van der Waals surface area contributed by atoms with E-state index in [9.17, 15) is 4.79 Å². The Morgan fingerprint density at radius 1 is 1.21 bits per heavy atom. The van der Waals surface area contributed by atoms with Gasteiger partial charge < -0.3 is 9.73 Å². The Bertz CT molecular complexity index is 649. The molecule has 0 spiro atoms. The van der Waals surface area contributed by atoms with Crippen molar-refractivity contribution in [1.29, 1.82) is 0 Å². The summed E-state index contributed by atoms with van der Waals surface area (Å²) < 4.78 is 5.39. The highest BCUT2D eigenvalue weighted by molar-refractivity contribution is 6.30. The van der Waals surface area contributed by atoms with Crippen molar-refractivity contribution in [3.05, 3.63) is 53.4 Å². The van der Waals surface area contributed by atoms with Crippen LogP contribution in [0.15, 0.2) is 47.1 Å². The molecule has 2 aromatic rings. The Morgan fingerprint density at radius 2 is 1.92 bits per heavy atom. The van der Waals surface area contributed by atoms with Crippen LogP contribution in [0.3, 0.4) is 0 Å². The maximum absolute atomic E-state index is 12.4. The van der Waals surface area contributed by atoms with Gasteiger partial charge in [-0.1, -0.05) is 11.6 Å². The number of piperazine rings is 1. The van der Waals surface area contributed by atoms with E-state index in [0.29, 0.717) is 5.02 Å². The fraction of sp³-hybridized carbons (Fsp3) is 0.389. The third kappa shape index (κ3) is 4.38. The SMILES string of the molecule is C[C@@H](C(=O)Nc1ccc(Cl)cc1)N1CCN(Cc2ccco2)CC1. The lowest BCUT2D eigenvalue weighted by Crippen LogP contribution is -2.52. The van der Waals surface area contributed by atoms with Gasteiger partial charge in [-0.25, -0.2) is 0 Å². The van der Waals surface area contributed by atoms with Gasteiger partial charge in [-0.3, -0.25) is 14.6 Å². The third-order valence-electron chi connectivity index (χ3n) is 4.41. The Morgan fingerprint density at radius 3 is 2.54 bits per heavy atom. The van der Waals surface area contributed by atoms with Gasteiger partial charge in [0.05, 0.1) is 18.8 Å². The topological polar surface area (TPSA) is 48.7 Å². The first-order valence-electron chi connectivity index (χ1n) is 8.17. The van der Waals surface area contributed by atoms with Crippen molar-refractivity contribution in [3.8, 4) is 0 Å². The highest BCUT2D eigenvalue weighted by atomic mass is 35.5. The summed E-state index contributed by atoms with van der Waals surface area (Å²) in [6, 6.07) is 10.9. The number of furan rings is 1. The minimum Gasteiger partial charge on any atom is -0.468 e.